The SMILES string of the molecule is CN1CCCCC1c1cc2cnc(Nc3ccc(N(C)C4CCNCC4)cc3)nc2n(C2Cc3ccccc3C(=O)N2)c1=O. The standard InChI is InChI=1S/C34H40N8O2/c1-40-18-6-5-9-29(40)28-19-23-21-36-34(37-24-10-12-25(13-11-24)41(2)26-14-16-35-17-15-26)39-31(23)42(33(28)44)30-20-22-7-3-4-8-27(22)32(43)38-30/h3-4,7-8,10-13,19,21,26,29-30,35H,5-6,9,14-18,20H2,1-2H3,(H,38,43)(H,36,37,39). The lowest BCUT2D eigenvalue weighted by molar-refractivity contribution is 0.0905. The van der Waals surface area contributed by atoms with E-state index in [1.165, 1.54) is 5.69 Å². The molecule has 1 amide bonds. The molecule has 5 heterocycles. The summed E-state index contributed by atoms with van der Waals surface area (Å²) in [5.74, 6) is 0.217. The molecule has 0 bridgehead atoms. The summed E-state index contributed by atoms with van der Waals surface area (Å²) in [6.45, 7) is 3.05. The molecule has 44 heavy (non-hydrogen) atoms. The molecule has 10 heteroatoms. The van der Waals surface area contributed by atoms with Crippen molar-refractivity contribution in [3.63, 3.8) is 0 Å². The van der Waals surface area contributed by atoms with Crippen LogP contribution in [0.4, 0.5) is 17.3 Å². The third kappa shape index (κ3) is 5.44. The average Bonchev–Trinajstić information content (AvgIpc) is 3.05. The van der Waals surface area contributed by atoms with Gasteiger partial charge in [-0.2, -0.15) is 4.98 Å². The number of likely N-dealkylation sites (tertiary alicyclic amines) is 1. The minimum Gasteiger partial charge on any atom is -0.372 e. The number of hydrogen-bond donors (Lipinski definition) is 3. The summed E-state index contributed by atoms with van der Waals surface area (Å²) in [5, 5.41) is 10.6. The van der Waals surface area contributed by atoms with Crippen LogP contribution in [0.2, 0.25) is 0 Å². The highest BCUT2D eigenvalue weighted by molar-refractivity contribution is 5.97. The molecule has 2 saturated heterocycles. The van der Waals surface area contributed by atoms with E-state index in [1.807, 2.05) is 42.5 Å². The number of amides is 1. The van der Waals surface area contributed by atoms with E-state index in [0.717, 1.165) is 73.9 Å². The molecule has 228 valence electrons. The molecule has 2 atom stereocenters. The van der Waals surface area contributed by atoms with Crippen molar-refractivity contribution in [3.05, 3.63) is 87.8 Å². The van der Waals surface area contributed by atoms with Crippen LogP contribution >= 0.6 is 0 Å². The fraction of sp³-hybridized carbons (Fsp3) is 0.412. The number of anilines is 3. The van der Waals surface area contributed by atoms with Crippen LogP contribution in [0.5, 0.6) is 0 Å². The molecule has 0 aliphatic carbocycles. The molecule has 2 aromatic heterocycles. The molecule has 3 aliphatic heterocycles. The Bertz CT molecular complexity index is 1730. The predicted molar refractivity (Wildman–Crippen MR) is 174 cm³/mol. The van der Waals surface area contributed by atoms with Crippen LogP contribution in [0.15, 0.2) is 65.6 Å². The summed E-state index contributed by atoms with van der Waals surface area (Å²) >= 11 is 0. The Morgan fingerprint density at radius 2 is 1.80 bits per heavy atom. The van der Waals surface area contributed by atoms with Crippen molar-refractivity contribution in [2.45, 2.75) is 56.8 Å². The number of piperidine rings is 2. The molecule has 3 N–H and O–H groups in total. The van der Waals surface area contributed by atoms with Gasteiger partial charge in [-0.25, -0.2) is 4.98 Å². The van der Waals surface area contributed by atoms with Gasteiger partial charge in [0, 0.05) is 59.6 Å². The van der Waals surface area contributed by atoms with Crippen molar-refractivity contribution < 1.29 is 4.79 Å². The van der Waals surface area contributed by atoms with E-state index in [9.17, 15) is 9.59 Å². The molecule has 2 fully saturated rings. The zero-order chi connectivity index (χ0) is 30.2. The zero-order valence-corrected chi connectivity index (χ0v) is 25.4. The van der Waals surface area contributed by atoms with E-state index in [-0.39, 0.29) is 17.5 Å². The lowest BCUT2D eigenvalue weighted by atomic mass is 9.95. The summed E-state index contributed by atoms with van der Waals surface area (Å²) in [5.41, 5.74) is 4.72. The number of aromatic nitrogens is 3. The lowest BCUT2D eigenvalue weighted by Gasteiger charge is -2.34. The highest BCUT2D eigenvalue weighted by Crippen LogP contribution is 2.31. The van der Waals surface area contributed by atoms with Crippen LogP contribution in [0.1, 0.15) is 65.8 Å². The lowest BCUT2D eigenvalue weighted by Crippen LogP contribution is -2.44. The van der Waals surface area contributed by atoms with Crippen LogP contribution in [0, 0.1) is 0 Å². The van der Waals surface area contributed by atoms with E-state index in [1.54, 1.807) is 10.8 Å². The van der Waals surface area contributed by atoms with Gasteiger partial charge in [0.15, 0.2) is 0 Å². The fourth-order valence-corrected chi connectivity index (χ4v) is 7.08. The van der Waals surface area contributed by atoms with Gasteiger partial charge in [-0.05, 0) is 94.3 Å². The molecule has 4 aromatic rings. The molecule has 0 saturated carbocycles. The van der Waals surface area contributed by atoms with Gasteiger partial charge in [-0.3, -0.25) is 19.1 Å². The largest absolute Gasteiger partial charge is 0.372 e. The molecule has 7 rings (SSSR count). The maximum absolute atomic E-state index is 14.3. The molecular formula is C34H40N8O2. The second kappa shape index (κ2) is 12.0. The summed E-state index contributed by atoms with van der Waals surface area (Å²) in [6.07, 6.45) is 7.10. The summed E-state index contributed by atoms with van der Waals surface area (Å²) < 4.78 is 1.69. The number of hydrogen-bond acceptors (Lipinski definition) is 8. The third-order valence-electron chi connectivity index (χ3n) is 9.60. The van der Waals surface area contributed by atoms with Crippen LogP contribution in [0.3, 0.4) is 0 Å². The van der Waals surface area contributed by atoms with Gasteiger partial charge in [0.2, 0.25) is 5.95 Å². The van der Waals surface area contributed by atoms with Crippen molar-refractivity contribution in [3.8, 4) is 0 Å². The molecule has 2 unspecified atom stereocenters. The minimum atomic E-state index is -0.561. The smallest absolute Gasteiger partial charge is 0.258 e. The Kier molecular flexibility index (Phi) is 7.78. The maximum atomic E-state index is 14.3. The maximum Gasteiger partial charge on any atom is 0.258 e. The first-order valence-corrected chi connectivity index (χ1v) is 15.8. The van der Waals surface area contributed by atoms with E-state index < -0.39 is 6.17 Å². The number of carbonyl (C=O) groups excluding carboxylic acids is 1. The Labute approximate surface area is 257 Å². The number of nitrogens with zero attached hydrogens (tertiary/aromatic N) is 5. The number of benzene rings is 2. The number of fused-ring (bicyclic) bond motifs is 2. The van der Waals surface area contributed by atoms with Gasteiger partial charge >= 0.3 is 0 Å². The number of pyridine rings is 1. The highest BCUT2D eigenvalue weighted by Gasteiger charge is 2.31. The molecule has 2 aromatic carbocycles. The Morgan fingerprint density at radius 1 is 1.00 bits per heavy atom. The van der Waals surface area contributed by atoms with Crippen LogP contribution < -0.4 is 26.4 Å². The van der Waals surface area contributed by atoms with Gasteiger partial charge in [0.1, 0.15) is 11.8 Å². The summed E-state index contributed by atoms with van der Waals surface area (Å²) in [7, 11) is 4.24. The van der Waals surface area contributed by atoms with Gasteiger partial charge in [0.05, 0.1) is 0 Å². The fourth-order valence-electron chi connectivity index (χ4n) is 7.08. The van der Waals surface area contributed by atoms with Crippen molar-refractivity contribution in [2.24, 2.45) is 0 Å². The van der Waals surface area contributed by atoms with Crippen molar-refractivity contribution in [2.75, 3.05) is 43.9 Å². The van der Waals surface area contributed by atoms with Gasteiger partial charge in [-0.1, -0.05) is 24.6 Å². The van der Waals surface area contributed by atoms with Crippen molar-refractivity contribution in [1.29, 1.82) is 0 Å². The molecular weight excluding hydrogens is 552 g/mol. The summed E-state index contributed by atoms with van der Waals surface area (Å²) in [6, 6.07) is 18.4. The van der Waals surface area contributed by atoms with Crippen LogP contribution in [-0.4, -0.2) is 65.1 Å². The zero-order valence-electron chi connectivity index (χ0n) is 25.4. The monoisotopic (exact) mass is 592 g/mol. The third-order valence-corrected chi connectivity index (χ3v) is 9.60. The first-order valence-electron chi connectivity index (χ1n) is 15.8. The van der Waals surface area contributed by atoms with Crippen LogP contribution in [0.25, 0.3) is 11.0 Å². The first kappa shape index (κ1) is 28.5. The van der Waals surface area contributed by atoms with E-state index >= 15 is 0 Å². The quantitative estimate of drug-likeness (QED) is 0.303. The van der Waals surface area contributed by atoms with Gasteiger partial charge in [-0.15, -0.1) is 0 Å². The van der Waals surface area contributed by atoms with Gasteiger partial charge in [0.25, 0.3) is 11.5 Å². The van der Waals surface area contributed by atoms with Crippen LogP contribution in [-0.2, 0) is 6.42 Å². The molecule has 0 spiro atoms. The van der Waals surface area contributed by atoms with E-state index in [4.69, 9.17) is 4.98 Å². The summed E-state index contributed by atoms with van der Waals surface area (Å²) in [4.78, 5) is 41.6. The minimum absolute atomic E-state index is 0.0119. The molecule has 3 aliphatic rings. The first-order chi connectivity index (χ1) is 21.5. The number of rotatable bonds is 6. The highest BCUT2D eigenvalue weighted by atomic mass is 16.2. The second-order valence-electron chi connectivity index (χ2n) is 12.4. The Hall–Kier alpha value is -4.28. The van der Waals surface area contributed by atoms with E-state index in [2.05, 4.69) is 57.0 Å². The molecule has 10 nitrogen and oxygen atoms in total. The second-order valence-corrected chi connectivity index (χ2v) is 12.4. The van der Waals surface area contributed by atoms with E-state index in [0.29, 0.717) is 29.6 Å². The number of carbonyl (C=O) groups is 1. The Balaban J connectivity index is 1.24. The van der Waals surface area contributed by atoms with Gasteiger partial charge < -0.3 is 20.9 Å². The average molecular weight is 593 g/mol. The topological polar surface area (TPSA) is 107 Å². The predicted octanol–water partition coefficient (Wildman–Crippen LogP) is 4.36. The van der Waals surface area contributed by atoms with Crippen molar-refractivity contribution >= 4 is 34.3 Å². The normalized spacial score (nSPS) is 21.1. The number of nitrogens with one attached hydrogen (secondary N) is 3. The molecule has 0 radical (unpaired) electrons. The van der Waals surface area contributed by atoms with Crippen molar-refractivity contribution in [1.82, 2.24) is 30.1 Å². The Morgan fingerprint density at radius 3 is 2.59 bits per heavy atom.